The zero-order chi connectivity index (χ0) is 17.4. The molecule has 23 heavy (non-hydrogen) atoms. The Bertz CT molecular complexity index is 833. The molecule has 10 heteroatoms. The molecule has 1 heterocycles. The Hall–Kier alpha value is -2.42. The van der Waals surface area contributed by atoms with E-state index in [1.807, 2.05) is 0 Å². The standard InChI is InChI=1S/C13H8ClF4N3O2/c1-21-11(13(16,17)18)4-10(23)12(20-21)6-2-9(19-5-22)7(14)3-8(6)15/h2-5H,1H3,(H,19,22). The van der Waals surface area contributed by atoms with E-state index in [2.05, 4.69) is 10.4 Å². The second-order valence-electron chi connectivity index (χ2n) is 4.44. The smallest absolute Gasteiger partial charge is 0.327 e. The molecular formula is C13H8ClF4N3O2. The van der Waals surface area contributed by atoms with Gasteiger partial charge in [0.1, 0.15) is 17.2 Å². The third-order valence-electron chi connectivity index (χ3n) is 2.92. The third-order valence-corrected chi connectivity index (χ3v) is 3.23. The van der Waals surface area contributed by atoms with Crippen LogP contribution in [0.15, 0.2) is 23.0 Å². The summed E-state index contributed by atoms with van der Waals surface area (Å²) in [5, 5.41) is 5.54. The highest BCUT2D eigenvalue weighted by Gasteiger charge is 2.34. The number of anilines is 1. The van der Waals surface area contributed by atoms with Gasteiger partial charge in [-0.3, -0.25) is 14.3 Å². The molecule has 1 aromatic carbocycles. The Morgan fingerprint density at radius 2 is 1.96 bits per heavy atom. The summed E-state index contributed by atoms with van der Waals surface area (Å²) in [6, 6.07) is 2.16. The van der Waals surface area contributed by atoms with Crippen molar-refractivity contribution in [1.82, 2.24) is 9.78 Å². The molecule has 0 aliphatic heterocycles. The molecule has 0 bridgehead atoms. The second kappa shape index (κ2) is 5.99. The first-order valence-electron chi connectivity index (χ1n) is 6.00. The van der Waals surface area contributed by atoms with E-state index in [1.54, 1.807) is 0 Å². The molecular weight excluding hydrogens is 342 g/mol. The fourth-order valence-electron chi connectivity index (χ4n) is 1.90. The van der Waals surface area contributed by atoms with Crippen molar-refractivity contribution in [3.8, 4) is 11.3 Å². The summed E-state index contributed by atoms with van der Waals surface area (Å²) in [5.74, 6) is -0.962. The highest BCUT2D eigenvalue weighted by Crippen LogP contribution is 2.31. The lowest BCUT2D eigenvalue weighted by atomic mass is 10.1. The van der Waals surface area contributed by atoms with Crippen LogP contribution in [0, 0.1) is 5.82 Å². The molecule has 0 aliphatic carbocycles. The summed E-state index contributed by atoms with van der Waals surface area (Å²) in [6.07, 6.45) is -4.50. The Morgan fingerprint density at radius 3 is 2.52 bits per heavy atom. The lowest BCUT2D eigenvalue weighted by molar-refractivity contribution is -0.144. The third kappa shape index (κ3) is 3.34. The first-order chi connectivity index (χ1) is 10.6. The summed E-state index contributed by atoms with van der Waals surface area (Å²) in [6.45, 7) is 0. The van der Waals surface area contributed by atoms with Gasteiger partial charge in [0.05, 0.1) is 10.7 Å². The minimum absolute atomic E-state index is 0.0122. The molecule has 1 aromatic heterocycles. The van der Waals surface area contributed by atoms with Gasteiger partial charge in [0, 0.05) is 18.7 Å². The van der Waals surface area contributed by atoms with Crippen molar-refractivity contribution in [1.29, 1.82) is 0 Å². The second-order valence-corrected chi connectivity index (χ2v) is 4.85. The van der Waals surface area contributed by atoms with Gasteiger partial charge >= 0.3 is 6.18 Å². The van der Waals surface area contributed by atoms with Gasteiger partial charge in [0.2, 0.25) is 11.8 Å². The number of alkyl halides is 3. The van der Waals surface area contributed by atoms with Crippen molar-refractivity contribution in [2.45, 2.75) is 6.18 Å². The molecule has 0 fully saturated rings. The number of halogens is 5. The number of nitrogens with one attached hydrogen (secondary N) is 1. The van der Waals surface area contributed by atoms with Gasteiger partial charge in [-0.15, -0.1) is 0 Å². The van der Waals surface area contributed by atoms with Gasteiger partial charge in [-0.05, 0) is 12.1 Å². The average Bonchev–Trinajstić information content (AvgIpc) is 2.43. The van der Waals surface area contributed by atoms with E-state index in [0.29, 0.717) is 10.7 Å². The number of benzene rings is 1. The predicted molar refractivity (Wildman–Crippen MR) is 74.6 cm³/mol. The monoisotopic (exact) mass is 349 g/mol. The molecule has 2 rings (SSSR count). The molecule has 1 amide bonds. The number of aromatic nitrogens is 2. The number of amides is 1. The number of carbonyl (C=O) groups excluding carboxylic acids is 1. The van der Waals surface area contributed by atoms with Crippen LogP contribution in [0.1, 0.15) is 5.69 Å². The molecule has 5 nitrogen and oxygen atoms in total. The summed E-state index contributed by atoms with van der Waals surface area (Å²) in [5.41, 5.74) is -3.32. The van der Waals surface area contributed by atoms with Gasteiger partial charge in [-0.1, -0.05) is 11.6 Å². The van der Waals surface area contributed by atoms with Crippen molar-refractivity contribution in [3.63, 3.8) is 0 Å². The zero-order valence-corrected chi connectivity index (χ0v) is 12.2. The van der Waals surface area contributed by atoms with Crippen molar-refractivity contribution in [2.75, 3.05) is 5.32 Å². The first kappa shape index (κ1) is 16.9. The molecule has 1 N–H and O–H groups in total. The lowest BCUT2D eigenvalue weighted by Gasteiger charge is -2.13. The number of carbonyl (C=O) groups is 1. The summed E-state index contributed by atoms with van der Waals surface area (Å²) < 4.78 is 52.6. The van der Waals surface area contributed by atoms with Crippen LogP contribution in [0.3, 0.4) is 0 Å². The molecule has 2 aromatic rings. The fourth-order valence-corrected chi connectivity index (χ4v) is 2.10. The summed E-state index contributed by atoms with van der Waals surface area (Å²) >= 11 is 5.71. The van der Waals surface area contributed by atoms with Gasteiger partial charge in [0.15, 0.2) is 0 Å². The SMILES string of the molecule is Cn1nc(-c2cc(NC=O)c(Cl)cc2F)c(=O)cc1C(F)(F)F. The fraction of sp³-hybridized carbons (Fsp3) is 0.154. The van der Waals surface area contributed by atoms with Crippen molar-refractivity contribution in [3.05, 3.63) is 45.0 Å². The number of hydrogen-bond donors (Lipinski definition) is 1. The molecule has 0 spiro atoms. The maximum atomic E-state index is 14.0. The van der Waals surface area contributed by atoms with E-state index in [9.17, 15) is 27.2 Å². The van der Waals surface area contributed by atoms with Gasteiger partial charge in [0.25, 0.3) is 0 Å². The largest absolute Gasteiger partial charge is 0.433 e. The topological polar surface area (TPSA) is 64.0 Å². The number of rotatable bonds is 3. The maximum absolute atomic E-state index is 14.0. The minimum atomic E-state index is -4.78. The highest BCUT2D eigenvalue weighted by atomic mass is 35.5. The Labute approximate surface area is 131 Å². The van der Waals surface area contributed by atoms with Crippen LogP contribution in [0.4, 0.5) is 23.2 Å². The minimum Gasteiger partial charge on any atom is -0.327 e. The Kier molecular flexibility index (Phi) is 4.42. The summed E-state index contributed by atoms with van der Waals surface area (Å²) in [4.78, 5) is 22.3. The maximum Gasteiger partial charge on any atom is 0.433 e. The highest BCUT2D eigenvalue weighted by molar-refractivity contribution is 6.33. The van der Waals surface area contributed by atoms with Gasteiger partial charge in [-0.2, -0.15) is 18.3 Å². The molecule has 0 radical (unpaired) electrons. The van der Waals surface area contributed by atoms with Gasteiger partial charge in [-0.25, -0.2) is 4.39 Å². The first-order valence-corrected chi connectivity index (χ1v) is 6.38. The predicted octanol–water partition coefficient (Wildman–Crippen LogP) is 2.83. The van der Waals surface area contributed by atoms with Crippen LogP contribution in [-0.4, -0.2) is 16.2 Å². The molecule has 0 unspecified atom stereocenters. The van der Waals surface area contributed by atoms with Crippen molar-refractivity contribution < 1.29 is 22.4 Å². The van der Waals surface area contributed by atoms with E-state index in [4.69, 9.17) is 11.6 Å². The quantitative estimate of drug-likeness (QED) is 0.684. The number of aryl methyl sites for hydroxylation is 1. The normalized spacial score (nSPS) is 11.4. The van der Waals surface area contributed by atoms with E-state index >= 15 is 0 Å². The van der Waals surface area contributed by atoms with Crippen LogP contribution in [0.2, 0.25) is 5.02 Å². The number of nitrogens with zero attached hydrogens (tertiary/aromatic N) is 2. The molecule has 0 aliphatic rings. The lowest BCUT2D eigenvalue weighted by Crippen LogP contribution is -2.22. The number of hydrogen-bond acceptors (Lipinski definition) is 3. The van der Waals surface area contributed by atoms with Crippen LogP contribution in [-0.2, 0) is 18.0 Å². The molecule has 122 valence electrons. The average molecular weight is 350 g/mol. The van der Waals surface area contributed by atoms with Crippen LogP contribution < -0.4 is 10.7 Å². The molecule has 0 saturated carbocycles. The van der Waals surface area contributed by atoms with Crippen molar-refractivity contribution >= 4 is 23.7 Å². The van der Waals surface area contributed by atoms with E-state index < -0.39 is 28.8 Å². The van der Waals surface area contributed by atoms with Crippen molar-refractivity contribution in [2.24, 2.45) is 7.05 Å². The van der Waals surface area contributed by atoms with Crippen LogP contribution in [0.5, 0.6) is 0 Å². The zero-order valence-electron chi connectivity index (χ0n) is 11.4. The molecule has 0 atom stereocenters. The van der Waals surface area contributed by atoms with Gasteiger partial charge < -0.3 is 5.32 Å². The summed E-state index contributed by atoms with van der Waals surface area (Å²) in [7, 11) is 0.976. The van der Waals surface area contributed by atoms with Crippen LogP contribution in [0.25, 0.3) is 11.3 Å². The van der Waals surface area contributed by atoms with E-state index in [0.717, 1.165) is 19.2 Å². The molecule has 0 saturated heterocycles. The Morgan fingerprint density at radius 1 is 1.30 bits per heavy atom. The van der Waals surface area contributed by atoms with E-state index in [-0.39, 0.29) is 22.7 Å². The Balaban J connectivity index is 2.68. The van der Waals surface area contributed by atoms with Crippen LogP contribution >= 0.6 is 11.6 Å². The van der Waals surface area contributed by atoms with E-state index in [1.165, 1.54) is 0 Å².